The summed E-state index contributed by atoms with van der Waals surface area (Å²) in [6.45, 7) is 4.86. The zero-order valence-corrected chi connectivity index (χ0v) is 10.7. The van der Waals surface area contributed by atoms with E-state index in [0.717, 1.165) is 6.42 Å². The topological polar surface area (TPSA) is 73.6 Å². The second kappa shape index (κ2) is 8.50. The second-order valence-corrected chi connectivity index (χ2v) is 3.97. The number of rotatable bonds is 8. The number of carbonyl (C=O) groups is 1. The molecule has 16 heavy (non-hydrogen) atoms. The van der Waals surface area contributed by atoms with E-state index in [-0.39, 0.29) is 17.9 Å². The summed E-state index contributed by atoms with van der Waals surface area (Å²) >= 11 is 0. The first kappa shape index (κ1) is 15.3. The van der Waals surface area contributed by atoms with Gasteiger partial charge in [-0.3, -0.25) is 4.79 Å². The molecule has 0 heterocycles. The number of amides is 1. The predicted octanol–water partition coefficient (Wildman–Crippen LogP) is 0.137. The monoisotopic (exact) mass is 232 g/mol. The highest BCUT2D eigenvalue weighted by molar-refractivity contribution is 5.81. The quantitative estimate of drug-likeness (QED) is 0.624. The van der Waals surface area contributed by atoms with Crippen molar-refractivity contribution in [2.75, 3.05) is 27.4 Å². The molecule has 0 aromatic rings. The number of nitrogens with one attached hydrogen (secondary N) is 1. The van der Waals surface area contributed by atoms with Crippen molar-refractivity contribution in [3.63, 3.8) is 0 Å². The first-order chi connectivity index (χ1) is 7.56. The number of nitrogens with two attached hydrogens (primary N) is 1. The summed E-state index contributed by atoms with van der Waals surface area (Å²) in [7, 11) is 3.18. The summed E-state index contributed by atoms with van der Waals surface area (Å²) in [5.41, 5.74) is 5.79. The molecule has 3 atom stereocenters. The zero-order chi connectivity index (χ0) is 12.6. The van der Waals surface area contributed by atoms with E-state index >= 15 is 0 Å². The predicted molar refractivity (Wildman–Crippen MR) is 63.1 cm³/mol. The van der Waals surface area contributed by atoms with Crippen LogP contribution in [0, 0.1) is 5.92 Å². The molecule has 0 bridgehead atoms. The maximum absolute atomic E-state index is 11.6. The number of hydrogen-bond acceptors (Lipinski definition) is 4. The smallest absolute Gasteiger partial charge is 0.237 e. The third-order valence-electron chi connectivity index (χ3n) is 2.75. The Balaban J connectivity index is 3.95. The van der Waals surface area contributed by atoms with Crippen LogP contribution < -0.4 is 11.1 Å². The summed E-state index contributed by atoms with van der Waals surface area (Å²) in [6.07, 6.45) is 0.762. The Morgan fingerprint density at radius 3 is 2.50 bits per heavy atom. The van der Waals surface area contributed by atoms with Gasteiger partial charge in [-0.25, -0.2) is 0 Å². The average Bonchev–Trinajstić information content (AvgIpc) is 2.31. The Bertz CT molecular complexity index is 200. The molecule has 0 saturated carbocycles. The third-order valence-corrected chi connectivity index (χ3v) is 2.75. The molecule has 0 aliphatic rings. The molecular weight excluding hydrogens is 208 g/mol. The minimum absolute atomic E-state index is 0.127. The Hall–Kier alpha value is -0.650. The fourth-order valence-electron chi connectivity index (χ4n) is 1.24. The van der Waals surface area contributed by atoms with Crippen LogP contribution in [-0.4, -0.2) is 45.4 Å². The molecule has 5 nitrogen and oxygen atoms in total. The van der Waals surface area contributed by atoms with Crippen molar-refractivity contribution in [3.05, 3.63) is 0 Å². The Labute approximate surface area is 97.7 Å². The van der Waals surface area contributed by atoms with Crippen LogP contribution in [0.15, 0.2) is 0 Å². The third kappa shape index (κ3) is 5.44. The van der Waals surface area contributed by atoms with Crippen molar-refractivity contribution in [2.24, 2.45) is 11.7 Å². The molecule has 0 aliphatic heterocycles. The van der Waals surface area contributed by atoms with Crippen LogP contribution >= 0.6 is 0 Å². The van der Waals surface area contributed by atoms with Gasteiger partial charge in [-0.05, 0) is 5.92 Å². The van der Waals surface area contributed by atoms with E-state index in [0.29, 0.717) is 13.2 Å². The first-order valence-electron chi connectivity index (χ1n) is 5.61. The van der Waals surface area contributed by atoms with E-state index in [9.17, 15) is 4.79 Å². The number of ether oxygens (including phenoxy) is 2. The summed E-state index contributed by atoms with van der Waals surface area (Å²) in [5, 5.41) is 2.76. The average molecular weight is 232 g/mol. The van der Waals surface area contributed by atoms with Crippen LogP contribution in [0.2, 0.25) is 0 Å². The first-order valence-corrected chi connectivity index (χ1v) is 5.61. The van der Waals surface area contributed by atoms with Crippen LogP contribution in [0.5, 0.6) is 0 Å². The van der Waals surface area contributed by atoms with Gasteiger partial charge in [0, 0.05) is 20.8 Å². The van der Waals surface area contributed by atoms with Gasteiger partial charge in [0.15, 0.2) is 0 Å². The van der Waals surface area contributed by atoms with Crippen molar-refractivity contribution >= 4 is 5.91 Å². The molecule has 2 unspecified atom stereocenters. The Morgan fingerprint density at radius 1 is 1.44 bits per heavy atom. The number of methoxy groups -OCH3 is 2. The largest absolute Gasteiger partial charge is 0.382 e. The summed E-state index contributed by atoms with van der Waals surface area (Å²) < 4.78 is 10.1. The normalized spacial score (nSPS) is 16.6. The van der Waals surface area contributed by atoms with Gasteiger partial charge in [0.25, 0.3) is 0 Å². The van der Waals surface area contributed by atoms with Gasteiger partial charge in [0.1, 0.15) is 0 Å². The molecule has 96 valence electrons. The molecule has 1 amide bonds. The molecular formula is C11H24N2O3. The summed E-state index contributed by atoms with van der Waals surface area (Å²) in [6, 6.07) is -0.454. The lowest BCUT2D eigenvalue weighted by Crippen LogP contribution is -2.47. The van der Waals surface area contributed by atoms with E-state index in [4.69, 9.17) is 15.2 Å². The molecule has 0 rings (SSSR count). The molecule has 5 heteroatoms. The van der Waals surface area contributed by atoms with Crippen molar-refractivity contribution in [2.45, 2.75) is 32.4 Å². The van der Waals surface area contributed by atoms with Crippen LogP contribution in [0.3, 0.4) is 0 Å². The van der Waals surface area contributed by atoms with Gasteiger partial charge >= 0.3 is 0 Å². The van der Waals surface area contributed by atoms with Crippen molar-refractivity contribution in [1.82, 2.24) is 5.32 Å². The lowest BCUT2D eigenvalue weighted by Gasteiger charge is -2.20. The molecule has 0 fully saturated rings. The minimum Gasteiger partial charge on any atom is -0.382 e. The highest BCUT2D eigenvalue weighted by Gasteiger charge is 2.20. The highest BCUT2D eigenvalue weighted by Crippen LogP contribution is 2.05. The lowest BCUT2D eigenvalue weighted by atomic mass is 9.99. The SMILES string of the molecule is CCC(C)[C@H](N)C(=O)NCC(COC)OC. The van der Waals surface area contributed by atoms with Gasteiger partial charge in [-0.15, -0.1) is 0 Å². The Morgan fingerprint density at radius 2 is 2.06 bits per heavy atom. The van der Waals surface area contributed by atoms with E-state index in [1.54, 1.807) is 14.2 Å². The minimum atomic E-state index is -0.454. The van der Waals surface area contributed by atoms with Gasteiger partial charge in [-0.1, -0.05) is 20.3 Å². The van der Waals surface area contributed by atoms with Gasteiger partial charge in [-0.2, -0.15) is 0 Å². The van der Waals surface area contributed by atoms with Crippen molar-refractivity contribution in [1.29, 1.82) is 0 Å². The fraction of sp³-hybridized carbons (Fsp3) is 0.909. The maximum Gasteiger partial charge on any atom is 0.237 e. The van der Waals surface area contributed by atoms with E-state index in [1.165, 1.54) is 0 Å². The maximum atomic E-state index is 11.6. The molecule has 0 aromatic heterocycles. The molecule has 0 spiro atoms. The van der Waals surface area contributed by atoms with Crippen LogP contribution in [0.4, 0.5) is 0 Å². The lowest BCUT2D eigenvalue weighted by molar-refractivity contribution is -0.124. The Kier molecular flexibility index (Phi) is 8.15. The van der Waals surface area contributed by atoms with E-state index < -0.39 is 6.04 Å². The zero-order valence-electron chi connectivity index (χ0n) is 10.7. The fourth-order valence-corrected chi connectivity index (χ4v) is 1.24. The molecule has 0 radical (unpaired) electrons. The van der Waals surface area contributed by atoms with E-state index in [1.807, 2.05) is 13.8 Å². The van der Waals surface area contributed by atoms with Crippen molar-refractivity contribution < 1.29 is 14.3 Å². The van der Waals surface area contributed by atoms with Crippen LogP contribution in [0.1, 0.15) is 20.3 Å². The van der Waals surface area contributed by atoms with Gasteiger partial charge < -0.3 is 20.5 Å². The van der Waals surface area contributed by atoms with E-state index in [2.05, 4.69) is 5.32 Å². The summed E-state index contributed by atoms with van der Waals surface area (Å²) in [4.78, 5) is 11.6. The molecule has 0 saturated heterocycles. The molecule has 3 N–H and O–H groups in total. The van der Waals surface area contributed by atoms with Crippen LogP contribution in [0.25, 0.3) is 0 Å². The molecule has 0 aliphatic carbocycles. The van der Waals surface area contributed by atoms with Gasteiger partial charge in [0.05, 0.1) is 18.8 Å². The summed E-state index contributed by atoms with van der Waals surface area (Å²) in [5.74, 6) is 0.0518. The number of hydrogen-bond donors (Lipinski definition) is 2. The van der Waals surface area contributed by atoms with Gasteiger partial charge in [0.2, 0.25) is 5.91 Å². The standard InChI is InChI=1S/C11H24N2O3/c1-5-8(2)10(12)11(14)13-6-9(16-4)7-15-3/h8-10H,5-7,12H2,1-4H3,(H,13,14)/t8?,9?,10-/m0/s1. The second-order valence-electron chi connectivity index (χ2n) is 3.97. The van der Waals surface area contributed by atoms with Crippen molar-refractivity contribution in [3.8, 4) is 0 Å². The molecule has 0 aromatic carbocycles. The van der Waals surface area contributed by atoms with Crippen LogP contribution in [-0.2, 0) is 14.3 Å². The highest BCUT2D eigenvalue weighted by atomic mass is 16.5. The number of carbonyl (C=O) groups excluding carboxylic acids is 1.